The molecule has 2 heterocycles. The van der Waals surface area contributed by atoms with E-state index in [4.69, 9.17) is 14.2 Å². The topological polar surface area (TPSA) is 95.6 Å². The van der Waals surface area contributed by atoms with Crippen LogP contribution >= 0.6 is 0 Å². The number of benzene rings is 2. The molecule has 0 fully saturated rings. The molecular formula is C22H18F3N3O5. The first-order valence-electron chi connectivity index (χ1n) is 9.56. The third-order valence-electron chi connectivity index (χ3n) is 5.14. The molecule has 0 bridgehead atoms. The van der Waals surface area contributed by atoms with Crippen LogP contribution in [0.2, 0.25) is 0 Å². The largest absolute Gasteiger partial charge is 0.492 e. The maximum absolute atomic E-state index is 12.5. The zero-order valence-electron chi connectivity index (χ0n) is 18.0. The van der Waals surface area contributed by atoms with Crippen LogP contribution in [0.25, 0.3) is 33.1 Å². The monoisotopic (exact) mass is 461 g/mol. The number of pyridine rings is 1. The van der Waals surface area contributed by atoms with Gasteiger partial charge in [-0.2, -0.15) is 18.3 Å². The Bertz CT molecular complexity index is 1360. The van der Waals surface area contributed by atoms with E-state index in [1.54, 1.807) is 6.20 Å². The van der Waals surface area contributed by atoms with Crippen LogP contribution in [0.5, 0.6) is 23.0 Å². The molecule has 1 N–H and O–H groups in total. The number of carbonyl (C=O) groups excluding carboxylic acids is 1. The maximum Gasteiger partial charge on any atom is 0.491 e. The molecule has 0 saturated heterocycles. The van der Waals surface area contributed by atoms with Crippen LogP contribution in [0.15, 0.2) is 30.5 Å². The number of aryl methyl sites for hydroxylation is 1. The van der Waals surface area contributed by atoms with E-state index in [-0.39, 0.29) is 5.75 Å². The van der Waals surface area contributed by atoms with Crippen LogP contribution in [0.4, 0.5) is 13.2 Å². The van der Waals surface area contributed by atoms with Gasteiger partial charge in [-0.05, 0) is 31.2 Å². The minimum absolute atomic E-state index is 0.254. The lowest BCUT2D eigenvalue weighted by atomic mass is 9.96. The molecule has 0 radical (unpaired) electrons. The van der Waals surface area contributed by atoms with Crippen LogP contribution in [0.1, 0.15) is 5.56 Å². The van der Waals surface area contributed by atoms with E-state index in [2.05, 4.69) is 19.9 Å². The number of hydrogen-bond acceptors (Lipinski definition) is 7. The number of aromatic nitrogens is 3. The van der Waals surface area contributed by atoms with E-state index in [1.165, 1.54) is 45.6 Å². The molecule has 172 valence electrons. The summed E-state index contributed by atoms with van der Waals surface area (Å²) in [6, 6.07) is 5.50. The molecule has 8 nitrogen and oxygen atoms in total. The van der Waals surface area contributed by atoms with Crippen molar-refractivity contribution >= 4 is 27.8 Å². The molecule has 0 unspecified atom stereocenters. The fraction of sp³-hybridized carbons (Fsp3) is 0.227. The van der Waals surface area contributed by atoms with Crippen molar-refractivity contribution < 1.29 is 36.9 Å². The molecule has 0 aliphatic heterocycles. The quantitative estimate of drug-likeness (QED) is 0.343. The summed E-state index contributed by atoms with van der Waals surface area (Å²) in [4.78, 5) is 15.8. The minimum Gasteiger partial charge on any atom is -0.492 e. The molecule has 2 aromatic carbocycles. The van der Waals surface area contributed by atoms with Crippen molar-refractivity contribution in [2.45, 2.75) is 13.1 Å². The first-order chi connectivity index (χ1) is 15.7. The highest BCUT2D eigenvalue weighted by Crippen LogP contribution is 2.50. The molecule has 2 aromatic heterocycles. The van der Waals surface area contributed by atoms with Crippen molar-refractivity contribution in [3.8, 4) is 34.3 Å². The maximum atomic E-state index is 12.5. The Morgan fingerprint density at radius 1 is 0.939 bits per heavy atom. The lowest BCUT2D eigenvalue weighted by molar-refractivity contribution is -0.189. The number of rotatable bonds is 5. The molecule has 0 aliphatic carbocycles. The van der Waals surface area contributed by atoms with Gasteiger partial charge in [0.25, 0.3) is 0 Å². The number of carbonyl (C=O) groups is 1. The highest BCUT2D eigenvalue weighted by molar-refractivity contribution is 6.15. The second-order valence-electron chi connectivity index (χ2n) is 6.98. The van der Waals surface area contributed by atoms with Crippen LogP contribution in [0, 0.1) is 6.92 Å². The summed E-state index contributed by atoms with van der Waals surface area (Å²) in [5, 5.41) is 9.00. The fourth-order valence-electron chi connectivity index (χ4n) is 3.76. The van der Waals surface area contributed by atoms with Crippen LogP contribution in [0.3, 0.4) is 0 Å². The zero-order chi connectivity index (χ0) is 23.9. The molecule has 11 heteroatoms. The standard InChI is InChI=1S/C22H18F3N3O5/c1-10-14-13-9-26-28-20(13)27-16(15(14)18(31-3)19(32-4)17(10)30-2)11-5-7-12(8-6-11)33-21(29)22(23,24)25/h5-9H,1-4H3,(H,26,27,28). The fourth-order valence-corrected chi connectivity index (χ4v) is 3.76. The van der Waals surface area contributed by atoms with E-state index < -0.39 is 12.1 Å². The van der Waals surface area contributed by atoms with Crippen molar-refractivity contribution in [1.82, 2.24) is 15.2 Å². The average Bonchev–Trinajstić information content (AvgIpc) is 3.26. The molecule has 33 heavy (non-hydrogen) atoms. The first kappa shape index (κ1) is 22.2. The number of aromatic amines is 1. The molecule has 0 spiro atoms. The predicted octanol–water partition coefficient (Wildman–Crippen LogP) is 4.58. The molecule has 4 rings (SSSR count). The van der Waals surface area contributed by atoms with Crippen LogP contribution in [-0.4, -0.2) is 48.7 Å². The van der Waals surface area contributed by atoms with E-state index in [0.717, 1.165) is 16.3 Å². The van der Waals surface area contributed by atoms with Gasteiger partial charge in [0, 0.05) is 21.9 Å². The summed E-state index contributed by atoms with van der Waals surface area (Å²) < 4.78 is 58.7. The summed E-state index contributed by atoms with van der Waals surface area (Å²) in [6.45, 7) is 1.86. The SMILES string of the molecule is COc1c(OC)c(C)c2c(c(-c3ccc(OC(=O)C(F)(F)F)cc3)nc3[nH]ncc32)c1OC. The number of hydrogen-bond donors (Lipinski definition) is 1. The summed E-state index contributed by atoms with van der Waals surface area (Å²) in [7, 11) is 4.49. The number of nitrogens with one attached hydrogen (secondary N) is 1. The van der Waals surface area contributed by atoms with Gasteiger partial charge in [-0.3, -0.25) is 5.10 Å². The number of methoxy groups -OCH3 is 3. The van der Waals surface area contributed by atoms with Crippen LogP contribution < -0.4 is 18.9 Å². The van der Waals surface area contributed by atoms with Crippen molar-refractivity contribution in [2.24, 2.45) is 0 Å². The normalized spacial score (nSPS) is 11.6. The Balaban J connectivity index is 1.98. The van der Waals surface area contributed by atoms with Gasteiger partial charge in [-0.1, -0.05) is 0 Å². The van der Waals surface area contributed by atoms with Crippen molar-refractivity contribution in [2.75, 3.05) is 21.3 Å². The summed E-state index contributed by atoms with van der Waals surface area (Å²) >= 11 is 0. The smallest absolute Gasteiger partial charge is 0.491 e. The Hall–Kier alpha value is -4.02. The highest BCUT2D eigenvalue weighted by Gasteiger charge is 2.41. The number of H-pyrrole nitrogens is 1. The number of nitrogens with zero attached hydrogens (tertiary/aromatic N) is 2. The summed E-state index contributed by atoms with van der Waals surface area (Å²) in [5.41, 5.74) is 2.24. The molecule has 0 atom stereocenters. The number of halogens is 3. The second-order valence-corrected chi connectivity index (χ2v) is 6.98. The van der Waals surface area contributed by atoms with Crippen LogP contribution in [-0.2, 0) is 4.79 Å². The van der Waals surface area contributed by atoms with Gasteiger partial charge in [0.2, 0.25) is 5.75 Å². The van der Waals surface area contributed by atoms with Crippen molar-refractivity contribution in [3.05, 3.63) is 36.0 Å². The number of alkyl halides is 3. The third kappa shape index (κ3) is 3.65. The Kier molecular flexibility index (Phi) is 5.48. The van der Waals surface area contributed by atoms with E-state index >= 15 is 0 Å². The molecule has 4 aromatic rings. The highest BCUT2D eigenvalue weighted by atomic mass is 19.4. The lowest BCUT2D eigenvalue weighted by Crippen LogP contribution is -2.27. The zero-order valence-corrected chi connectivity index (χ0v) is 18.0. The van der Waals surface area contributed by atoms with Gasteiger partial charge in [0.15, 0.2) is 17.1 Å². The van der Waals surface area contributed by atoms with Gasteiger partial charge in [-0.25, -0.2) is 9.78 Å². The van der Waals surface area contributed by atoms with Gasteiger partial charge in [0.05, 0.1) is 38.6 Å². The average molecular weight is 461 g/mol. The van der Waals surface area contributed by atoms with E-state index in [1.807, 2.05) is 6.92 Å². The van der Waals surface area contributed by atoms with E-state index in [9.17, 15) is 18.0 Å². The minimum atomic E-state index is -5.09. The predicted molar refractivity (Wildman–Crippen MR) is 113 cm³/mol. The van der Waals surface area contributed by atoms with Gasteiger partial charge in [0.1, 0.15) is 5.75 Å². The number of fused-ring (bicyclic) bond motifs is 3. The molecule has 0 saturated carbocycles. The van der Waals surface area contributed by atoms with Gasteiger partial charge < -0.3 is 18.9 Å². The Labute approximate surface area is 185 Å². The van der Waals surface area contributed by atoms with Gasteiger partial charge >= 0.3 is 12.1 Å². The van der Waals surface area contributed by atoms with E-state index in [0.29, 0.717) is 39.5 Å². The molecule has 0 amide bonds. The third-order valence-corrected chi connectivity index (χ3v) is 5.14. The Morgan fingerprint density at radius 3 is 2.15 bits per heavy atom. The molecule has 0 aliphatic rings. The summed E-state index contributed by atoms with van der Waals surface area (Å²) in [6.07, 6.45) is -3.46. The number of ether oxygens (including phenoxy) is 4. The lowest BCUT2D eigenvalue weighted by Gasteiger charge is -2.20. The molecular weight excluding hydrogens is 443 g/mol. The van der Waals surface area contributed by atoms with Crippen molar-refractivity contribution in [3.63, 3.8) is 0 Å². The second kappa shape index (κ2) is 8.15. The first-order valence-corrected chi connectivity index (χ1v) is 9.56. The Morgan fingerprint density at radius 2 is 1.58 bits per heavy atom. The van der Waals surface area contributed by atoms with Crippen molar-refractivity contribution in [1.29, 1.82) is 0 Å². The number of esters is 1. The van der Waals surface area contributed by atoms with Gasteiger partial charge in [-0.15, -0.1) is 0 Å². The summed E-state index contributed by atoms with van der Waals surface area (Å²) in [5.74, 6) is -1.34.